The minimum atomic E-state index is -4.36. The molecular formula is C13H6Cl2F3NS2. The van der Waals surface area contributed by atoms with E-state index in [1.165, 1.54) is 23.9 Å². The van der Waals surface area contributed by atoms with Crippen LogP contribution in [0.4, 0.5) is 18.9 Å². The number of rotatable bonds is 3. The second-order valence-electron chi connectivity index (χ2n) is 3.95. The van der Waals surface area contributed by atoms with E-state index < -0.39 is 11.7 Å². The Morgan fingerprint density at radius 1 is 1.00 bits per heavy atom. The molecule has 110 valence electrons. The van der Waals surface area contributed by atoms with Gasteiger partial charge in [0, 0.05) is 22.2 Å². The molecule has 0 radical (unpaired) electrons. The Hall–Kier alpha value is -0.820. The molecule has 2 aromatic carbocycles. The summed E-state index contributed by atoms with van der Waals surface area (Å²) in [6.45, 7) is 0. The first-order chi connectivity index (χ1) is 9.81. The average molecular weight is 368 g/mol. The average Bonchev–Trinajstić information content (AvgIpc) is 2.42. The van der Waals surface area contributed by atoms with Crippen LogP contribution < -0.4 is 0 Å². The van der Waals surface area contributed by atoms with E-state index in [1.807, 2.05) is 0 Å². The van der Waals surface area contributed by atoms with Crippen LogP contribution in [0.15, 0.2) is 50.6 Å². The third kappa shape index (κ3) is 4.10. The zero-order valence-electron chi connectivity index (χ0n) is 10.1. The molecule has 8 heteroatoms. The van der Waals surface area contributed by atoms with Gasteiger partial charge in [0.25, 0.3) is 0 Å². The first-order valence-corrected chi connectivity index (χ1v) is 7.42. The van der Waals surface area contributed by atoms with Gasteiger partial charge >= 0.3 is 6.18 Å². The number of nitrogens with zero attached hydrogens (tertiary/aromatic N) is 1. The number of benzene rings is 2. The molecule has 0 amide bonds. The SMILES string of the molecule is FC(F)(F)c1ccc(Sc2c(Cl)cc(N=S)cc2Cl)cc1. The molecule has 1 nitrogen and oxygen atoms in total. The minimum Gasteiger partial charge on any atom is -0.182 e. The maximum Gasteiger partial charge on any atom is 0.416 e. The molecule has 0 saturated carbocycles. The number of hydrogen-bond acceptors (Lipinski definition) is 3. The van der Waals surface area contributed by atoms with Crippen molar-refractivity contribution in [3.05, 3.63) is 52.0 Å². The van der Waals surface area contributed by atoms with Crippen molar-refractivity contribution in [3.8, 4) is 0 Å². The fourth-order valence-corrected chi connectivity index (χ4v) is 3.16. The van der Waals surface area contributed by atoms with Gasteiger partial charge in [0.1, 0.15) is 0 Å². The summed E-state index contributed by atoms with van der Waals surface area (Å²) in [6.07, 6.45) is -4.36. The first-order valence-electron chi connectivity index (χ1n) is 5.49. The van der Waals surface area contributed by atoms with Crippen LogP contribution in [0.25, 0.3) is 0 Å². The van der Waals surface area contributed by atoms with Crippen molar-refractivity contribution in [2.75, 3.05) is 0 Å². The van der Waals surface area contributed by atoms with Crippen molar-refractivity contribution < 1.29 is 13.2 Å². The summed E-state index contributed by atoms with van der Waals surface area (Å²) in [7, 11) is 0. The van der Waals surface area contributed by atoms with Crippen LogP contribution >= 0.6 is 35.0 Å². The zero-order chi connectivity index (χ0) is 15.6. The van der Waals surface area contributed by atoms with Crippen molar-refractivity contribution in [1.82, 2.24) is 0 Å². The van der Waals surface area contributed by atoms with E-state index >= 15 is 0 Å². The predicted molar refractivity (Wildman–Crippen MR) is 81.5 cm³/mol. The van der Waals surface area contributed by atoms with Crippen molar-refractivity contribution in [2.45, 2.75) is 16.0 Å². The number of halogens is 5. The summed E-state index contributed by atoms with van der Waals surface area (Å²) in [4.78, 5) is 1.13. The molecule has 0 aliphatic heterocycles. The molecule has 21 heavy (non-hydrogen) atoms. The van der Waals surface area contributed by atoms with Gasteiger partial charge in [-0.1, -0.05) is 35.0 Å². The molecule has 0 atom stereocenters. The van der Waals surface area contributed by atoms with Crippen LogP contribution in [-0.2, 0) is 18.6 Å². The van der Waals surface area contributed by atoms with Crippen LogP contribution in [0.5, 0.6) is 0 Å². The molecule has 0 aromatic heterocycles. The van der Waals surface area contributed by atoms with Crippen molar-refractivity contribution >= 4 is 53.1 Å². The molecule has 0 saturated heterocycles. The summed E-state index contributed by atoms with van der Waals surface area (Å²) in [6, 6.07) is 7.85. The molecular weight excluding hydrogens is 362 g/mol. The maximum atomic E-state index is 12.5. The molecule has 2 rings (SSSR count). The maximum absolute atomic E-state index is 12.5. The zero-order valence-corrected chi connectivity index (χ0v) is 13.3. The van der Waals surface area contributed by atoms with Crippen molar-refractivity contribution in [3.63, 3.8) is 0 Å². The fourth-order valence-electron chi connectivity index (χ4n) is 1.53. The lowest BCUT2D eigenvalue weighted by Gasteiger charge is -2.09. The Morgan fingerprint density at radius 3 is 1.95 bits per heavy atom. The van der Waals surface area contributed by atoms with Crippen LogP contribution in [0, 0.1) is 0 Å². The van der Waals surface area contributed by atoms with E-state index in [-0.39, 0.29) is 0 Å². The van der Waals surface area contributed by atoms with E-state index in [2.05, 4.69) is 16.8 Å². The van der Waals surface area contributed by atoms with Gasteiger partial charge in [-0.3, -0.25) is 0 Å². The van der Waals surface area contributed by atoms with Crippen LogP contribution in [0.2, 0.25) is 10.0 Å². The summed E-state index contributed by atoms with van der Waals surface area (Å²) >= 11 is 17.9. The van der Waals surface area contributed by atoms with Crippen LogP contribution in [0.1, 0.15) is 5.56 Å². The van der Waals surface area contributed by atoms with E-state index in [1.54, 1.807) is 12.1 Å². The van der Waals surface area contributed by atoms with E-state index in [4.69, 9.17) is 23.2 Å². The second kappa shape index (κ2) is 6.52. The highest BCUT2D eigenvalue weighted by Crippen LogP contribution is 2.41. The van der Waals surface area contributed by atoms with Gasteiger partial charge in [0.05, 0.1) is 21.3 Å². The van der Waals surface area contributed by atoms with Gasteiger partial charge in [-0.05, 0) is 36.4 Å². The molecule has 0 heterocycles. The largest absolute Gasteiger partial charge is 0.416 e. The third-order valence-electron chi connectivity index (χ3n) is 2.49. The lowest BCUT2D eigenvalue weighted by atomic mass is 10.2. The van der Waals surface area contributed by atoms with Crippen molar-refractivity contribution in [1.29, 1.82) is 0 Å². The fraction of sp³-hybridized carbons (Fsp3) is 0.0769. The number of alkyl halides is 3. The van der Waals surface area contributed by atoms with Gasteiger partial charge in [0.2, 0.25) is 0 Å². The van der Waals surface area contributed by atoms with Crippen LogP contribution in [0.3, 0.4) is 0 Å². The summed E-state index contributed by atoms with van der Waals surface area (Å²) in [5, 5.41) is 0.687. The third-order valence-corrected chi connectivity index (χ3v) is 4.67. The minimum absolute atomic E-state index is 0.344. The van der Waals surface area contributed by atoms with Gasteiger partial charge in [-0.25, -0.2) is 0 Å². The van der Waals surface area contributed by atoms with Gasteiger partial charge in [-0.2, -0.15) is 17.5 Å². The molecule has 0 aliphatic rings. The number of hydrogen-bond donors (Lipinski definition) is 0. The van der Waals surface area contributed by atoms with Crippen LogP contribution in [-0.4, -0.2) is 0 Å². The lowest BCUT2D eigenvalue weighted by molar-refractivity contribution is -0.137. The molecule has 0 bridgehead atoms. The molecule has 0 fully saturated rings. The molecule has 0 spiro atoms. The van der Waals surface area contributed by atoms with Gasteiger partial charge in [-0.15, -0.1) is 0 Å². The van der Waals surface area contributed by atoms with Crippen molar-refractivity contribution in [2.24, 2.45) is 4.36 Å². The quantitative estimate of drug-likeness (QED) is 0.611. The summed E-state index contributed by atoms with van der Waals surface area (Å²) in [5.41, 5.74) is -0.249. The monoisotopic (exact) mass is 367 g/mol. The van der Waals surface area contributed by atoms with Gasteiger partial charge < -0.3 is 0 Å². The predicted octanol–water partition coefficient (Wildman–Crippen LogP) is 6.53. The lowest BCUT2D eigenvalue weighted by Crippen LogP contribution is -2.03. The summed E-state index contributed by atoms with van der Waals surface area (Å²) in [5.74, 6) is 0. The molecule has 0 unspecified atom stereocenters. The Balaban J connectivity index is 2.28. The molecule has 0 aliphatic carbocycles. The van der Waals surface area contributed by atoms with E-state index in [9.17, 15) is 13.2 Å². The highest BCUT2D eigenvalue weighted by Gasteiger charge is 2.30. The van der Waals surface area contributed by atoms with E-state index in [0.717, 1.165) is 12.1 Å². The van der Waals surface area contributed by atoms with E-state index in [0.29, 0.717) is 25.5 Å². The smallest absolute Gasteiger partial charge is 0.182 e. The highest BCUT2D eigenvalue weighted by atomic mass is 35.5. The Kier molecular flexibility index (Phi) is 5.14. The first kappa shape index (κ1) is 16.5. The highest BCUT2D eigenvalue weighted by molar-refractivity contribution is 7.99. The molecule has 0 N–H and O–H groups in total. The normalized spacial score (nSPS) is 11.5. The standard InChI is InChI=1S/C13H6Cl2F3NS2/c14-10-5-8(19-20)6-11(15)12(10)21-9-3-1-7(2-4-9)13(16,17)18/h1-6H. The van der Waals surface area contributed by atoms with Gasteiger partial charge in [0.15, 0.2) is 0 Å². The Morgan fingerprint density at radius 2 is 1.52 bits per heavy atom. The molecule has 2 aromatic rings. The Labute approximate surface area is 138 Å². The second-order valence-corrected chi connectivity index (χ2v) is 6.03. The Bertz CT molecular complexity index is 649. The summed E-state index contributed by atoms with van der Waals surface area (Å²) < 4.78 is 41.0. The topological polar surface area (TPSA) is 12.4 Å².